The lowest BCUT2D eigenvalue weighted by Gasteiger charge is -2.07. The Kier molecular flexibility index (Phi) is 3.17. The highest BCUT2D eigenvalue weighted by Gasteiger charge is 2.03. The van der Waals surface area contributed by atoms with Crippen molar-refractivity contribution < 1.29 is 0 Å². The van der Waals surface area contributed by atoms with Crippen LogP contribution in [0, 0.1) is 0 Å². The van der Waals surface area contributed by atoms with Gasteiger partial charge in [-0.15, -0.1) is 0 Å². The Morgan fingerprint density at radius 1 is 1.00 bits per heavy atom. The number of benzene rings is 1. The van der Waals surface area contributed by atoms with Crippen molar-refractivity contribution in [2.45, 2.75) is 25.7 Å². The maximum atomic E-state index is 4.52. The van der Waals surface area contributed by atoms with E-state index in [0.717, 1.165) is 24.5 Å². The Morgan fingerprint density at radius 2 is 1.86 bits per heavy atom. The summed E-state index contributed by atoms with van der Waals surface area (Å²) in [6.45, 7) is 0.981. The molecule has 1 aliphatic heterocycles. The molecule has 0 fully saturated rings. The average molecular weight is 188 g/mol. The zero-order valence-electron chi connectivity index (χ0n) is 8.37. The number of nitrogens with one attached hydrogen (secondary N) is 1. The Labute approximate surface area is 85.1 Å². The number of rotatable bonds is 1. The van der Waals surface area contributed by atoms with Gasteiger partial charge in [0, 0.05) is 18.7 Å². The van der Waals surface area contributed by atoms with E-state index in [2.05, 4.69) is 22.4 Å². The first kappa shape index (κ1) is 9.25. The second-order valence-corrected chi connectivity index (χ2v) is 3.63. The highest BCUT2D eigenvalue weighted by atomic mass is 15.0. The molecular weight excluding hydrogens is 172 g/mol. The molecular formula is C12H16N2. The smallest absolute Gasteiger partial charge is 0.101 e. The van der Waals surface area contributed by atoms with Crippen LogP contribution in [-0.4, -0.2) is 12.4 Å². The molecule has 0 aliphatic carbocycles. The Balaban J connectivity index is 1.99. The lowest BCUT2D eigenvalue weighted by molar-refractivity contribution is 0.731. The van der Waals surface area contributed by atoms with E-state index in [-0.39, 0.29) is 0 Å². The Bertz CT molecular complexity index is 303. The molecule has 1 aliphatic rings. The standard InChI is InChI=1S/C12H16N2/c1-3-7-11(8-4-1)14-12-9-5-2-6-10-13-12/h1,3-4,7-8H,2,5-6,9-10H2,(H,13,14). The highest BCUT2D eigenvalue weighted by molar-refractivity contribution is 5.95. The van der Waals surface area contributed by atoms with Gasteiger partial charge in [-0.05, 0) is 25.0 Å². The molecule has 0 spiro atoms. The van der Waals surface area contributed by atoms with Crippen molar-refractivity contribution in [3.05, 3.63) is 30.3 Å². The van der Waals surface area contributed by atoms with Gasteiger partial charge in [0.05, 0.1) is 0 Å². The van der Waals surface area contributed by atoms with Gasteiger partial charge in [-0.25, -0.2) is 0 Å². The lowest BCUT2D eigenvalue weighted by atomic mass is 10.2. The fourth-order valence-corrected chi connectivity index (χ4v) is 1.66. The lowest BCUT2D eigenvalue weighted by Crippen LogP contribution is -2.11. The quantitative estimate of drug-likeness (QED) is 0.719. The topological polar surface area (TPSA) is 24.4 Å². The molecule has 1 heterocycles. The first-order valence-corrected chi connectivity index (χ1v) is 5.30. The largest absolute Gasteiger partial charge is 0.344 e. The van der Waals surface area contributed by atoms with Crippen LogP contribution in [0.5, 0.6) is 0 Å². The summed E-state index contributed by atoms with van der Waals surface area (Å²) in [6.07, 6.45) is 4.90. The molecule has 1 N–H and O–H groups in total. The molecule has 2 rings (SSSR count). The monoisotopic (exact) mass is 188 g/mol. The molecule has 0 atom stereocenters. The van der Waals surface area contributed by atoms with Crippen LogP contribution in [0.2, 0.25) is 0 Å². The predicted octanol–water partition coefficient (Wildman–Crippen LogP) is 3.07. The van der Waals surface area contributed by atoms with Crippen molar-refractivity contribution in [2.75, 3.05) is 11.9 Å². The summed E-state index contributed by atoms with van der Waals surface area (Å²) in [7, 11) is 0. The van der Waals surface area contributed by atoms with Crippen LogP contribution in [0.1, 0.15) is 25.7 Å². The molecule has 2 nitrogen and oxygen atoms in total. The van der Waals surface area contributed by atoms with Crippen LogP contribution >= 0.6 is 0 Å². The van der Waals surface area contributed by atoms with Gasteiger partial charge in [0.15, 0.2) is 0 Å². The second-order valence-electron chi connectivity index (χ2n) is 3.63. The van der Waals surface area contributed by atoms with E-state index in [0.29, 0.717) is 0 Å². The van der Waals surface area contributed by atoms with E-state index in [9.17, 15) is 0 Å². The van der Waals surface area contributed by atoms with Gasteiger partial charge in [-0.1, -0.05) is 24.6 Å². The van der Waals surface area contributed by atoms with Crippen molar-refractivity contribution in [3.63, 3.8) is 0 Å². The first-order chi connectivity index (χ1) is 6.95. The van der Waals surface area contributed by atoms with Gasteiger partial charge in [0.2, 0.25) is 0 Å². The summed E-state index contributed by atoms with van der Waals surface area (Å²) in [4.78, 5) is 4.52. The van der Waals surface area contributed by atoms with Crippen LogP contribution in [0.3, 0.4) is 0 Å². The molecule has 0 saturated heterocycles. The number of hydrogen-bond donors (Lipinski definition) is 1. The zero-order valence-corrected chi connectivity index (χ0v) is 8.37. The van der Waals surface area contributed by atoms with Crippen LogP contribution in [0.25, 0.3) is 0 Å². The third-order valence-electron chi connectivity index (χ3n) is 2.44. The maximum Gasteiger partial charge on any atom is 0.101 e. The summed E-state index contributed by atoms with van der Waals surface area (Å²) in [5, 5.41) is 3.37. The number of para-hydroxylation sites is 1. The van der Waals surface area contributed by atoms with Gasteiger partial charge in [0.25, 0.3) is 0 Å². The molecule has 0 bridgehead atoms. The van der Waals surface area contributed by atoms with Crippen molar-refractivity contribution >= 4 is 11.5 Å². The van der Waals surface area contributed by atoms with Crippen molar-refractivity contribution in [1.29, 1.82) is 0 Å². The van der Waals surface area contributed by atoms with Crippen LogP contribution < -0.4 is 5.32 Å². The molecule has 0 amide bonds. The van der Waals surface area contributed by atoms with Gasteiger partial charge in [-0.3, -0.25) is 4.99 Å². The molecule has 0 aromatic heterocycles. The molecule has 2 heteroatoms. The van der Waals surface area contributed by atoms with Gasteiger partial charge < -0.3 is 5.32 Å². The van der Waals surface area contributed by atoms with E-state index in [1.807, 2.05) is 18.2 Å². The highest BCUT2D eigenvalue weighted by Crippen LogP contribution is 2.11. The van der Waals surface area contributed by atoms with E-state index in [4.69, 9.17) is 0 Å². The molecule has 1 aromatic carbocycles. The molecule has 0 unspecified atom stereocenters. The van der Waals surface area contributed by atoms with E-state index < -0.39 is 0 Å². The van der Waals surface area contributed by atoms with E-state index >= 15 is 0 Å². The molecule has 74 valence electrons. The molecule has 0 saturated carbocycles. The van der Waals surface area contributed by atoms with Crippen LogP contribution in [0.15, 0.2) is 35.3 Å². The summed E-state index contributed by atoms with van der Waals surface area (Å²) in [6, 6.07) is 10.3. The molecule has 1 aromatic rings. The minimum atomic E-state index is 0.981. The SMILES string of the molecule is c1ccc(NC2=NCCCCC2)cc1. The summed E-state index contributed by atoms with van der Waals surface area (Å²) >= 11 is 0. The van der Waals surface area contributed by atoms with Crippen molar-refractivity contribution in [3.8, 4) is 0 Å². The van der Waals surface area contributed by atoms with Crippen molar-refractivity contribution in [2.24, 2.45) is 4.99 Å². The average Bonchev–Trinajstić information content (AvgIpc) is 2.48. The number of hydrogen-bond acceptors (Lipinski definition) is 2. The predicted molar refractivity (Wildman–Crippen MR) is 60.8 cm³/mol. The summed E-state index contributed by atoms with van der Waals surface area (Å²) < 4.78 is 0. The van der Waals surface area contributed by atoms with Gasteiger partial charge >= 0.3 is 0 Å². The maximum absolute atomic E-state index is 4.52. The minimum absolute atomic E-state index is 0.981. The van der Waals surface area contributed by atoms with Gasteiger partial charge in [-0.2, -0.15) is 0 Å². The third kappa shape index (κ3) is 2.59. The molecule has 0 radical (unpaired) electrons. The fourth-order valence-electron chi connectivity index (χ4n) is 1.66. The Hall–Kier alpha value is -1.31. The zero-order chi connectivity index (χ0) is 9.64. The first-order valence-electron chi connectivity index (χ1n) is 5.30. The van der Waals surface area contributed by atoms with Crippen molar-refractivity contribution in [1.82, 2.24) is 0 Å². The minimum Gasteiger partial charge on any atom is -0.344 e. The summed E-state index contributed by atoms with van der Waals surface area (Å²) in [5.74, 6) is 1.15. The number of nitrogens with zero attached hydrogens (tertiary/aromatic N) is 1. The number of aliphatic imine (C=N–C) groups is 1. The van der Waals surface area contributed by atoms with Gasteiger partial charge in [0.1, 0.15) is 5.84 Å². The third-order valence-corrected chi connectivity index (χ3v) is 2.44. The van der Waals surface area contributed by atoms with E-state index in [1.165, 1.54) is 19.3 Å². The van der Waals surface area contributed by atoms with Crippen LogP contribution in [0.4, 0.5) is 5.69 Å². The second kappa shape index (κ2) is 4.80. The Morgan fingerprint density at radius 3 is 2.71 bits per heavy atom. The summed E-state index contributed by atoms with van der Waals surface area (Å²) in [5.41, 5.74) is 1.15. The molecule has 14 heavy (non-hydrogen) atoms. The fraction of sp³-hybridized carbons (Fsp3) is 0.417. The number of anilines is 1. The van der Waals surface area contributed by atoms with Crippen LogP contribution in [-0.2, 0) is 0 Å². The number of amidine groups is 1. The van der Waals surface area contributed by atoms with E-state index in [1.54, 1.807) is 0 Å². The normalized spacial score (nSPS) is 17.0.